The van der Waals surface area contributed by atoms with Gasteiger partial charge in [0, 0.05) is 24.6 Å². The second-order valence-electron chi connectivity index (χ2n) is 4.01. The van der Waals surface area contributed by atoms with Gasteiger partial charge in [0.05, 0.1) is 5.92 Å². The molecule has 3 amide bonds. The minimum Gasteiger partial charge on any atom is -0.366 e. The van der Waals surface area contributed by atoms with Gasteiger partial charge >= 0.3 is 0 Å². The van der Waals surface area contributed by atoms with Gasteiger partial charge in [-0.2, -0.15) is 0 Å². The predicted octanol–water partition coefficient (Wildman–Crippen LogP) is -1.41. The average Bonchev–Trinajstić information content (AvgIpc) is 2.27. The topological polar surface area (TPSA) is 101 Å². The van der Waals surface area contributed by atoms with Crippen LogP contribution in [-0.4, -0.2) is 30.3 Å². The van der Waals surface area contributed by atoms with E-state index < -0.39 is 17.7 Å². The van der Waals surface area contributed by atoms with Crippen molar-refractivity contribution >= 4 is 17.7 Å². The van der Waals surface area contributed by atoms with E-state index >= 15 is 0 Å². The third-order valence-corrected chi connectivity index (χ3v) is 2.81. The molecule has 0 bridgehead atoms. The van der Waals surface area contributed by atoms with E-state index in [4.69, 9.17) is 5.73 Å². The molecule has 17 heavy (non-hydrogen) atoms. The Kier molecular flexibility index (Phi) is 3.06. The van der Waals surface area contributed by atoms with Crippen LogP contribution in [0.25, 0.3) is 0 Å². The van der Waals surface area contributed by atoms with E-state index in [2.05, 4.69) is 10.6 Å². The molecule has 0 radical (unpaired) electrons. The number of rotatable bonds is 1. The first-order valence-electron chi connectivity index (χ1n) is 5.35. The number of carbonyl (C=O) groups is 3. The zero-order valence-electron chi connectivity index (χ0n) is 9.10. The van der Waals surface area contributed by atoms with Gasteiger partial charge in [0.15, 0.2) is 0 Å². The molecule has 6 heteroatoms. The summed E-state index contributed by atoms with van der Waals surface area (Å²) in [4.78, 5) is 34.0. The summed E-state index contributed by atoms with van der Waals surface area (Å²) in [5.41, 5.74) is 5.44. The molecule has 2 unspecified atom stereocenters. The number of nitrogens with two attached hydrogens (primary N) is 1. The molecular weight excluding hydrogens is 222 g/mol. The number of hydrogen-bond acceptors (Lipinski definition) is 4. The molecule has 2 aliphatic rings. The number of nitrogens with one attached hydrogen (secondary N) is 2. The van der Waals surface area contributed by atoms with Crippen LogP contribution < -0.4 is 16.4 Å². The summed E-state index contributed by atoms with van der Waals surface area (Å²) in [7, 11) is 0. The van der Waals surface area contributed by atoms with Gasteiger partial charge in [-0.3, -0.25) is 19.7 Å². The second-order valence-corrected chi connectivity index (χ2v) is 4.01. The lowest BCUT2D eigenvalue weighted by atomic mass is 9.89. The lowest BCUT2D eigenvalue weighted by Gasteiger charge is -2.27. The summed E-state index contributed by atoms with van der Waals surface area (Å²) < 4.78 is 0. The lowest BCUT2D eigenvalue weighted by molar-refractivity contribution is -0.132. The molecule has 1 heterocycles. The van der Waals surface area contributed by atoms with Crippen molar-refractivity contribution in [3.8, 4) is 0 Å². The highest BCUT2D eigenvalue weighted by Gasteiger charge is 2.30. The minimum absolute atomic E-state index is 0.203. The summed E-state index contributed by atoms with van der Waals surface area (Å²) in [6, 6.07) is -0.203. The van der Waals surface area contributed by atoms with E-state index in [9.17, 15) is 14.4 Å². The van der Waals surface area contributed by atoms with Gasteiger partial charge in [0.2, 0.25) is 17.7 Å². The molecule has 4 N–H and O–H groups in total. The van der Waals surface area contributed by atoms with Crippen LogP contribution in [0.5, 0.6) is 0 Å². The standard InChI is InChI=1S/C11H13N3O3/c12-10(16)6-1-2-8-7(5-6)11(17)14-9(15)3-4-13-8/h1-2,5,7-8,13H,3-4H2,(H2,12,16)(H,14,15,17). The zero-order chi connectivity index (χ0) is 12.4. The summed E-state index contributed by atoms with van der Waals surface area (Å²) in [6.07, 6.45) is 5.07. The fourth-order valence-corrected chi connectivity index (χ4v) is 1.91. The molecule has 0 aromatic heterocycles. The van der Waals surface area contributed by atoms with Crippen LogP contribution in [0.15, 0.2) is 23.8 Å². The first-order chi connectivity index (χ1) is 8.08. The van der Waals surface area contributed by atoms with Crippen LogP contribution in [-0.2, 0) is 14.4 Å². The Morgan fingerprint density at radius 3 is 2.88 bits per heavy atom. The van der Waals surface area contributed by atoms with E-state index in [0.717, 1.165) is 0 Å². The smallest absolute Gasteiger partial charge is 0.248 e. The largest absolute Gasteiger partial charge is 0.366 e. The van der Waals surface area contributed by atoms with Gasteiger partial charge in [-0.05, 0) is 0 Å². The highest BCUT2D eigenvalue weighted by molar-refractivity contribution is 6.00. The Morgan fingerprint density at radius 2 is 2.18 bits per heavy atom. The Bertz CT molecular complexity index is 439. The monoisotopic (exact) mass is 235 g/mol. The molecular formula is C11H13N3O3. The van der Waals surface area contributed by atoms with Crippen LogP contribution >= 0.6 is 0 Å². The van der Waals surface area contributed by atoms with Crippen molar-refractivity contribution < 1.29 is 14.4 Å². The number of primary amides is 1. The van der Waals surface area contributed by atoms with Gasteiger partial charge in [0.1, 0.15) is 0 Å². The molecule has 2 atom stereocenters. The van der Waals surface area contributed by atoms with Gasteiger partial charge in [0.25, 0.3) is 0 Å². The molecule has 1 aliphatic carbocycles. The minimum atomic E-state index is -0.583. The van der Waals surface area contributed by atoms with Crippen molar-refractivity contribution in [1.29, 1.82) is 0 Å². The van der Waals surface area contributed by atoms with Gasteiger partial charge in [-0.25, -0.2) is 0 Å². The Morgan fingerprint density at radius 1 is 1.41 bits per heavy atom. The predicted molar refractivity (Wildman–Crippen MR) is 59.5 cm³/mol. The van der Waals surface area contributed by atoms with Gasteiger partial charge in [-0.1, -0.05) is 18.2 Å². The van der Waals surface area contributed by atoms with E-state index in [1.165, 1.54) is 6.08 Å². The van der Waals surface area contributed by atoms with Crippen molar-refractivity contribution in [2.24, 2.45) is 11.7 Å². The Labute approximate surface area is 97.9 Å². The fraction of sp³-hybridized carbons (Fsp3) is 0.364. The fourth-order valence-electron chi connectivity index (χ4n) is 1.91. The van der Waals surface area contributed by atoms with E-state index in [0.29, 0.717) is 6.54 Å². The van der Waals surface area contributed by atoms with Crippen LogP contribution in [0.1, 0.15) is 6.42 Å². The first-order valence-corrected chi connectivity index (χ1v) is 5.35. The van der Waals surface area contributed by atoms with Crippen LogP contribution in [0, 0.1) is 5.92 Å². The molecule has 1 fully saturated rings. The molecule has 0 aromatic rings. The molecule has 6 nitrogen and oxygen atoms in total. The van der Waals surface area contributed by atoms with Crippen molar-refractivity contribution in [2.45, 2.75) is 12.5 Å². The zero-order valence-corrected chi connectivity index (χ0v) is 9.10. The van der Waals surface area contributed by atoms with Gasteiger partial charge in [-0.15, -0.1) is 0 Å². The molecule has 0 saturated carbocycles. The van der Waals surface area contributed by atoms with Crippen LogP contribution in [0.4, 0.5) is 0 Å². The molecule has 90 valence electrons. The number of fused-ring (bicyclic) bond motifs is 1. The number of imide groups is 1. The summed E-state index contributed by atoms with van der Waals surface area (Å²) in [5.74, 6) is -1.88. The van der Waals surface area contributed by atoms with Crippen molar-refractivity contribution in [2.75, 3.05) is 6.54 Å². The summed E-state index contributed by atoms with van der Waals surface area (Å²) >= 11 is 0. The van der Waals surface area contributed by atoms with Crippen molar-refractivity contribution in [1.82, 2.24) is 10.6 Å². The average molecular weight is 235 g/mol. The highest BCUT2D eigenvalue weighted by atomic mass is 16.2. The number of hydrogen-bond donors (Lipinski definition) is 3. The maximum Gasteiger partial charge on any atom is 0.248 e. The number of carbonyl (C=O) groups excluding carboxylic acids is 3. The third kappa shape index (κ3) is 2.42. The van der Waals surface area contributed by atoms with Crippen LogP contribution in [0.2, 0.25) is 0 Å². The third-order valence-electron chi connectivity index (χ3n) is 2.81. The molecule has 2 rings (SSSR count). The summed E-state index contributed by atoms with van der Waals surface area (Å²) in [5, 5.41) is 5.37. The van der Waals surface area contributed by atoms with Gasteiger partial charge < -0.3 is 11.1 Å². The highest BCUT2D eigenvalue weighted by Crippen LogP contribution is 2.18. The van der Waals surface area contributed by atoms with Crippen molar-refractivity contribution in [3.05, 3.63) is 23.8 Å². The van der Waals surface area contributed by atoms with E-state index in [1.54, 1.807) is 12.2 Å². The Balaban J connectivity index is 2.25. The maximum atomic E-state index is 11.8. The van der Waals surface area contributed by atoms with Crippen molar-refractivity contribution in [3.63, 3.8) is 0 Å². The van der Waals surface area contributed by atoms with E-state index in [1.807, 2.05) is 0 Å². The van der Waals surface area contributed by atoms with E-state index in [-0.39, 0.29) is 23.9 Å². The maximum absolute atomic E-state index is 11.8. The molecule has 1 saturated heterocycles. The molecule has 1 aliphatic heterocycles. The Hall–Kier alpha value is -1.95. The second kappa shape index (κ2) is 4.50. The quantitative estimate of drug-likeness (QED) is 0.486. The molecule has 0 aromatic carbocycles. The summed E-state index contributed by atoms with van der Waals surface area (Å²) in [6.45, 7) is 0.490. The molecule has 0 spiro atoms. The first kappa shape index (κ1) is 11.5. The SMILES string of the molecule is NC(=O)C1=CC2C(=O)NC(=O)CCNC2C=C1. The van der Waals surface area contributed by atoms with Crippen LogP contribution in [0.3, 0.4) is 0 Å². The normalized spacial score (nSPS) is 28.6. The lowest BCUT2D eigenvalue weighted by Crippen LogP contribution is -2.49. The number of amides is 3.